The van der Waals surface area contributed by atoms with Gasteiger partial charge in [-0.3, -0.25) is 4.79 Å². The second-order valence-corrected chi connectivity index (χ2v) is 6.04. The molecular weight excluding hydrogens is 268 g/mol. The molecule has 0 heterocycles. The van der Waals surface area contributed by atoms with E-state index in [4.69, 9.17) is 5.73 Å². The lowest BCUT2D eigenvalue weighted by atomic mass is 9.77. The van der Waals surface area contributed by atoms with E-state index in [9.17, 15) is 14.7 Å². The quantitative estimate of drug-likeness (QED) is 0.739. The summed E-state index contributed by atoms with van der Waals surface area (Å²) in [7, 11) is 0. The summed E-state index contributed by atoms with van der Waals surface area (Å²) < 4.78 is 0. The monoisotopic (exact) mass is 290 g/mol. The van der Waals surface area contributed by atoms with Crippen LogP contribution in [0, 0.1) is 5.92 Å². The van der Waals surface area contributed by atoms with Gasteiger partial charge >= 0.3 is 5.97 Å². The Balaban J connectivity index is 2.02. The Morgan fingerprint density at radius 1 is 1.29 bits per heavy atom. The topological polar surface area (TPSA) is 92.4 Å². The van der Waals surface area contributed by atoms with Crippen LogP contribution in [0.2, 0.25) is 0 Å². The summed E-state index contributed by atoms with van der Waals surface area (Å²) in [5.74, 6) is -0.664. The first-order valence-corrected chi connectivity index (χ1v) is 7.30. The second kappa shape index (κ2) is 6.16. The van der Waals surface area contributed by atoms with Gasteiger partial charge in [-0.1, -0.05) is 19.1 Å². The fourth-order valence-corrected chi connectivity index (χ4v) is 2.78. The van der Waals surface area contributed by atoms with Gasteiger partial charge in [-0.2, -0.15) is 0 Å². The molecule has 0 bridgehead atoms. The molecule has 0 atom stereocenters. The number of amides is 1. The van der Waals surface area contributed by atoms with Crippen LogP contribution >= 0.6 is 0 Å². The number of nitrogen functional groups attached to an aromatic ring is 1. The van der Waals surface area contributed by atoms with Crippen molar-refractivity contribution in [1.29, 1.82) is 0 Å². The van der Waals surface area contributed by atoms with Crippen LogP contribution in [0.15, 0.2) is 24.3 Å². The van der Waals surface area contributed by atoms with E-state index in [-0.39, 0.29) is 12.3 Å². The van der Waals surface area contributed by atoms with Gasteiger partial charge in [-0.05, 0) is 49.3 Å². The highest BCUT2D eigenvalue weighted by Gasteiger charge is 2.42. The molecule has 0 radical (unpaired) electrons. The zero-order valence-corrected chi connectivity index (χ0v) is 12.3. The van der Waals surface area contributed by atoms with Gasteiger partial charge in [0.25, 0.3) is 0 Å². The molecule has 4 N–H and O–H groups in total. The van der Waals surface area contributed by atoms with Crippen LogP contribution in [0.25, 0.3) is 0 Å². The van der Waals surface area contributed by atoms with Gasteiger partial charge in [0.1, 0.15) is 5.54 Å². The van der Waals surface area contributed by atoms with Gasteiger partial charge < -0.3 is 16.2 Å². The van der Waals surface area contributed by atoms with Crippen LogP contribution in [0.5, 0.6) is 0 Å². The molecule has 0 aliphatic heterocycles. The van der Waals surface area contributed by atoms with E-state index < -0.39 is 11.5 Å². The van der Waals surface area contributed by atoms with Crippen molar-refractivity contribution >= 4 is 17.6 Å². The first-order valence-electron chi connectivity index (χ1n) is 7.30. The first-order chi connectivity index (χ1) is 9.91. The Labute approximate surface area is 124 Å². The number of nitrogens with one attached hydrogen (secondary N) is 1. The van der Waals surface area contributed by atoms with Crippen molar-refractivity contribution in [2.75, 3.05) is 5.73 Å². The highest BCUT2D eigenvalue weighted by atomic mass is 16.4. The smallest absolute Gasteiger partial charge is 0.329 e. The van der Waals surface area contributed by atoms with Crippen LogP contribution in [0.4, 0.5) is 5.69 Å². The highest BCUT2D eigenvalue weighted by molar-refractivity contribution is 5.88. The van der Waals surface area contributed by atoms with Crippen molar-refractivity contribution < 1.29 is 14.7 Å². The Kier molecular flexibility index (Phi) is 4.50. The number of carbonyl (C=O) groups excluding carboxylic acids is 1. The van der Waals surface area contributed by atoms with E-state index in [2.05, 4.69) is 12.2 Å². The molecule has 0 saturated heterocycles. The minimum Gasteiger partial charge on any atom is -0.480 e. The van der Waals surface area contributed by atoms with Gasteiger partial charge in [0.15, 0.2) is 0 Å². The number of nitrogens with two attached hydrogens (primary N) is 1. The molecule has 1 saturated carbocycles. The summed E-state index contributed by atoms with van der Waals surface area (Å²) >= 11 is 0. The summed E-state index contributed by atoms with van der Waals surface area (Å²) in [4.78, 5) is 23.7. The number of carbonyl (C=O) groups is 2. The molecule has 1 fully saturated rings. The molecule has 5 heteroatoms. The van der Waals surface area contributed by atoms with Crippen molar-refractivity contribution in [1.82, 2.24) is 5.32 Å². The zero-order valence-electron chi connectivity index (χ0n) is 12.3. The van der Waals surface area contributed by atoms with Crippen LogP contribution < -0.4 is 11.1 Å². The molecule has 0 unspecified atom stereocenters. The maximum atomic E-state index is 12.2. The average molecular weight is 290 g/mol. The third-order valence-electron chi connectivity index (χ3n) is 4.26. The molecule has 0 aromatic heterocycles. The Hall–Kier alpha value is -2.04. The van der Waals surface area contributed by atoms with Gasteiger partial charge in [-0.15, -0.1) is 0 Å². The summed E-state index contributed by atoms with van der Waals surface area (Å²) in [6.07, 6.45) is 2.82. The minimum atomic E-state index is -1.10. The van der Waals surface area contributed by atoms with Crippen molar-refractivity contribution in [3.05, 3.63) is 29.8 Å². The molecule has 0 spiro atoms. The van der Waals surface area contributed by atoms with Crippen LogP contribution in [0.3, 0.4) is 0 Å². The van der Waals surface area contributed by atoms with Crippen molar-refractivity contribution in [3.63, 3.8) is 0 Å². The first kappa shape index (κ1) is 15.4. The average Bonchev–Trinajstić information content (AvgIpc) is 2.44. The molecule has 1 aromatic carbocycles. The van der Waals surface area contributed by atoms with E-state index in [1.165, 1.54) is 0 Å². The van der Waals surface area contributed by atoms with Crippen LogP contribution in [-0.4, -0.2) is 22.5 Å². The molecular formula is C16H22N2O3. The number of anilines is 1. The van der Waals surface area contributed by atoms with E-state index in [1.807, 2.05) is 0 Å². The Bertz CT molecular complexity index is 517. The number of carboxylic acids is 1. The van der Waals surface area contributed by atoms with Crippen molar-refractivity contribution in [3.8, 4) is 0 Å². The second-order valence-electron chi connectivity index (χ2n) is 6.04. The van der Waals surface area contributed by atoms with E-state index in [0.717, 1.165) is 18.4 Å². The summed E-state index contributed by atoms with van der Waals surface area (Å²) in [6.45, 7) is 2.11. The fraction of sp³-hybridized carbons (Fsp3) is 0.500. The van der Waals surface area contributed by atoms with E-state index in [0.29, 0.717) is 24.4 Å². The molecule has 1 amide bonds. The Morgan fingerprint density at radius 2 is 1.86 bits per heavy atom. The summed E-state index contributed by atoms with van der Waals surface area (Å²) in [6, 6.07) is 7.03. The van der Waals surface area contributed by atoms with Crippen LogP contribution in [0.1, 0.15) is 38.2 Å². The number of benzene rings is 1. The minimum absolute atomic E-state index is 0.171. The molecule has 21 heavy (non-hydrogen) atoms. The summed E-state index contributed by atoms with van der Waals surface area (Å²) in [5, 5.41) is 12.2. The standard InChI is InChI=1S/C16H22N2O3/c1-11-6-8-16(9-7-11,15(20)21)18-14(19)10-12-2-4-13(17)5-3-12/h2-5,11H,6-10,17H2,1H3,(H,18,19)(H,20,21). The largest absolute Gasteiger partial charge is 0.480 e. The maximum Gasteiger partial charge on any atom is 0.329 e. The lowest BCUT2D eigenvalue weighted by Gasteiger charge is -2.36. The molecule has 1 aliphatic carbocycles. The zero-order chi connectivity index (χ0) is 15.5. The van der Waals surface area contributed by atoms with Crippen molar-refractivity contribution in [2.45, 2.75) is 44.6 Å². The van der Waals surface area contributed by atoms with Gasteiger partial charge in [0.2, 0.25) is 5.91 Å². The van der Waals surface area contributed by atoms with Crippen LogP contribution in [-0.2, 0) is 16.0 Å². The number of hydrogen-bond donors (Lipinski definition) is 3. The van der Waals surface area contributed by atoms with Gasteiger partial charge in [0, 0.05) is 5.69 Å². The number of rotatable bonds is 4. The maximum absolute atomic E-state index is 12.2. The number of aliphatic carboxylic acids is 1. The lowest BCUT2D eigenvalue weighted by Crippen LogP contribution is -2.56. The Morgan fingerprint density at radius 3 is 2.38 bits per heavy atom. The lowest BCUT2D eigenvalue weighted by molar-refractivity contribution is -0.149. The molecule has 2 rings (SSSR count). The predicted octanol–water partition coefficient (Wildman–Crippen LogP) is 1.96. The normalized spacial score (nSPS) is 25.3. The van der Waals surface area contributed by atoms with E-state index >= 15 is 0 Å². The molecule has 114 valence electrons. The van der Waals surface area contributed by atoms with E-state index in [1.54, 1.807) is 24.3 Å². The molecule has 1 aliphatic rings. The SMILES string of the molecule is CC1CCC(NC(=O)Cc2ccc(N)cc2)(C(=O)O)CC1. The highest BCUT2D eigenvalue weighted by Crippen LogP contribution is 2.32. The number of carboxylic acid groups (broad SMARTS) is 1. The number of hydrogen-bond acceptors (Lipinski definition) is 3. The molecule has 5 nitrogen and oxygen atoms in total. The van der Waals surface area contributed by atoms with Gasteiger partial charge in [0.05, 0.1) is 6.42 Å². The third-order valence-corrected chi connectivity index (χ3v) is 4.26. The third kappa shape index (κ3) is 3.74. The summed E-state index contributed by atoms with van der Waals surface area (Å²) in [5.41, 5.74) is 5.97. The predicted molar refractivity (Wildman–Crippen MR) is 80.7 cm³/mol. The molecule has 1 aromatic rings. The fourth-order valence-electron chi connectivity index (χ4n) is 2.78. The van der Waals surface area contributed by atoms with Crippen molar-refractivity contribution in [2.24, 2.45) is 5.92 Å². The van der Waals surface area contributed by atoms with Gasteiger partial charge in [-0.25, -0.2) is 4.79 Å².